The normalized spacial score (nSPS) is 18.6. The molecule has 1 fully saturated rings. The molecule has 2 rings (SSSR count). The van der Waals surface area contributed by atoms with Crippen molar-refractivity contribution in [3.8, 4) is 0 Å². The Labute approximate surface area is 113 Å². The van der Waals surface area contributed by atoms with E-state index in [-0.39, 0.29) is 5.56 Å². The maximum atomic E-state index is 11.9. The molecule has 1 aliphatic heterocycles. The van der Waals surface area contributed by atoms with E-state index in [9.17, 15) is 13.2 Å². The van der Waals surface area contributed by atoms with E-state index in [0.29, 0.717) is 31.1 Å². The van der Waals surface area contributed by atoms with Gasteiger partial charge in [0.1, 0.15) is 0 Å². The fourth-order valence-electron chi connectivity index (χ4n) is 2.39. The molecule has 0 radical (unpaired) electrons. The van der Waals surface area contributed by atoms with Crippen LogP contribution in [0.5, 0.6) is 0 Å². The zero-order valence-electron chi connectivity index (χ0n) is 11.2. The minimum absolute atomic E-state index is 0.0134. The molecule has 1 saturated heterocycles. The number of aryl methyl sites for hydroxylation is 1. The first kappa shape index (κ1) is 14.2. The van der Waals surface area contributed by atoms with E-state index >= 15 is 0 Å². The fourth-order valence-corrected chi connectivity index (χ4v) is 3.27. The Morgan fingerprint density at radius 3 is 2.58 bits per heavy atom. The van der Waals surface area contributed by atoms with Crippen LogP contribution in [0.3, 0.4) is 0 Å². The lowest BCUT2D eigenvalue weighted by Gasteiger charge is -2.30. The van der Waals surface area contributed by atoms with Crippen molar-refractivity contribution >= 4 is 10.0 Å². The summed E-state index contributed by atoms with van der Waals surface area (Å²) in [5.41, 5.74) is 0.622. The number of aromatic nitrogens is 2. The number of sulfonamides is 1. The van der Waals surface area contributed by atoms with Gasteiger partial charge in [0.2, 0.25) is 10.0 Å². The van der Waals surface area contributed by atoms with Crippen molar-refractivity contribution in [2.24, 2.45) is 5.92 Å². The molecule has 0 aromatic carbocycles. The third-order valence-corrected chi connectivity index (χ3v) is 4.87. The lowest BCUT2D eigenvalue weighted by molar-refractivity contribution is 0.251. The maximum Gasteiger partial charge on any atom is 0.256 e. The molecule has 1 aromatic heterocycles. The Balaban J connectivity index is 2.00. The van der Waals surface area contributed by atoms with Crippen LogP contribution in [-0.2, 0) is 16.6 Å². The number of nitrogens with zero attached hydrogens (tertiary/aromatic N) is 3. The van der Waals surface area contributed by atoms with Gasteiger partial charge in [0.15, 0.2) is 0 Å². The van der Waals surface area contributed by atoms with Crippen molar-refractivity contribution in [2.75, 3.05) is 19.3 Å². The highest BCUT2D eigenvalue weighted by Gasteiger charge is 2.25. The fraction of sp³-hybridized carbons (Fsp3) is 0.667. The van der Waals surface area contributed by atoms with Crippen LogP contribution >= 0.6 is 0 Å². The first-order valence-corrected chi connectivity index (χ1v) is 8.19. The molecule has 0 amide bonds. The van der Waals surface area contributed by atoms with Gasteiger partial charge in [-0.3, -0.25) is 9.36 Å². The summed E-state index contributed by atoms with van der Waals surface area (Å²) in [7, 11) is -3.08. The summed E-state index contributed by atoms with van der Waals surface area (Å²) >= 11 is 0. The standard InChI is InChI=1S/C12H19N3O3S/c1-10-7-13-9-14(12(10)16)8-11-3-5-15(6-4-11)19(2,17)18/h7,9,11H,3-6,8H2,1-2H3. The van der Waals surface area contributed by atoms with Crippen LogP contribution in [0.4, 0.5) is 0 Å². The molecular weight excluding hydrogens is 266 g/mol. The van der Waals surface area contributed by atoms with Crippen molar-refractivity contribution in [2.45, 2.75) is 26.3 Å². The topological polar surface area (TPSA) is 72.3 Å². The van der Waals surface area contributed by atoms with Gasteiger partial charge in [-0.1, -0.05) is 0 Å². The Morgan fingerprint density at radius 1 is 1.37 bits per heavy atom. The molecule has 1 aliphatic rings. The second kappa shape index (κ2) is 5.42. The molecule has 19 heavy (non-hydrogen) atoms. The Morgan fingerprint density at radius 2 is 2.00 bits per heavy atom. The highest BCUT2D eigenvalue weighted by Crippen LogP contribution is 2.20. The summed E-state index contributed by atoms with van der Waals surface area (Å²) in [5.74, 6) is 0.333. The van der Waals surface area contributed by atoms with Gasteiger partial charge in [0.25, 0.3) is 5.56 Å². The number of hydrogen-bond acceptors (Lipinski definition) is 4. The minimum atomic E-state index is -3.08. The van der Waals surface area contributed by atoms with Gasteiger partial charge in [-0.15, -0.1) is 0 Å². The van der Waals surface area contributed by atoms with E-state index in [0.717, 1.165) is 12.8 Å². The minimum Gasteiger partial charge on any atom is -0.299 e. The van der Waals surface area contributed by atoms with Crippen LogP contribution in [0.2, 0.25) is 0 Å². The van der Waals surface area contributed by atoms with Gasteiger partial charge in [-0.25, -0.2) is 17.7 Å². The van der Waals surface area contributed by atoms with Crippen LogP contribution in [-0.4, -0.2) is 41.6 Å². The molecule has 2 heterocycles. The molecule has 1 aromatic rings. The van der Waals surface area contributed by atoms with Gasteiger partial charge in [-0.05, 0) is 25.7 Å². The lowest BCUT2D eigenvalue weighted by atomic mass is 9.98. The maximum absolute atomic E-state index is 11.9. The van der Waals surface area contributed by atoms with Crippen molar-refractivity contribution in [1.29, 1.82) is 0 Å². The van der Waals surface area contributed by atoms with Crippen molar-refractivity contribution in [1.82, 2.24) is 13.9 Å². The van der Waals surface area contributed by atoms with Crippen LogP contribution < -0.4 is 5.56 Å². The van der Waals surface area contributed by atoms with Gasteiger partial charge in [0, 0.05) is 31.4 Å². The van der Waals surface area contributed by atoms with Crippen LogP contribution in [0.25, 0.3) is 0 Å². The molecular formula is C12H19N3O3S. The zero-order chi connectivity index (χ0) is 14.0. The van der Waals surface area contributed by atoms with E-state index in [1.165, 1.54) is 10.6 Å². The molecule has 0 N–H and O–H groups in total. The highest BCUT2D eigenvalue weighted by atomic mass is 32.2. The second-order valence-corrected chi connectivity index (χ2v) is 7.12. The summed E-state index contributed by atoms with van der Waals surface area (Å²) < 4.78 is 25.9. The first-order valence-electron chi connectivity index (χ1n) is 6.34. The van der Waals surface area contributed by atoms with Crippen molar-refractivity contribution in [3.63, 3.8) is 0 Å². The second-order valence-electron chi connectivity index (χ2n) is 5.14. The summed E-state index contributed by atoms with van der Waals surface area (Å²) in [6, 6.07) is 0. The largest absolute Gasteiger partial charge is 0.299 e. The van der Waals surface area contributed by atoms with E-state index in [1.54, 1.807) is 24.0 Å². The van der Waals surface area contributed by atoms with E-state index in [1.807, 2.05) is 0 Å². The molecule has 0 unspecified atom stereocenters. The lowest BCUT2D eigenvalue weighted by Crippen LogP contribution is -2.39. The predicted molar refractivity (Wildman–Crippen MR) is 72.4 cm³/mol. The van der Waals surface area contributed by atoms with Gasteiger partial charge in [-0.2, -0.15) is 0 Å². The summed E-state index contributed by atoms with van der Waals surface area (Å²) in [4.78, 5) is 15.9. The van der Waals surface area contributed by atoms with E-state index in [4.69, 9.17) is 0 Å². The quantitative estimate of drug-likeness (QED) is 0.796. The molecule has 7 heteroatoms. The molecule has 0 spiro atoms. The molecule has 0 bridgehead atoms. The SMILES string of the molecule is Cc1cncn(CC2CCN(S(C)(=O)=O)CC2)c1=O. The summed E-state index contributed by atoms with van der Waals surface area (Å²) in [5, 5.41) is 0. The number of rotatable bonds is 3. The zero-order valence-corrected chi connectivity index (χ0v) is 12.1. The molecule has 0 atom stereocenters. The highest BCUT2D eigenvalue weighted by molar-refractivity contribution is 7.88. The summed E-state index contributed by atoms with van der Waals surface area (Å²) in [6.07, 6.45) is 5.92. The monoisotopic (exact) mass is 285 g/mol. The number of hydrogen-bond donors (Lipinski definition) is 0. The predicted octanol–water partition coefficient (Wildman–Crippen LogP) is 0.223. The van der Waals surface area contributed by atoms with Gasteiger partial charge < -0.3 is 0 Å². The summed E-state index contributed by atoms with van der Waals surface area (Å²) in [6.45, 7) is 3.44. The Kier molecular flexibility index (Phi) is 4.05. The number of piperidine rings is 1. The first-order chi connectivity index (χ1) is 8.88. The average molecular weight is 285 g/mol. The Hall–Kier alpha value is -1.21. The van der Waals surface area contributed by atoms with Gasteiger partial charge >= 0.3 is 0 Å². The van der Waals surface area contributed by atoms with Crippen LogP contribution in [0.1, 0.15) is 18.4 Å². The third-order valence-electron chi connectivity index (χ3n) is 3.57. The molecule has 0 aliphatic carbocycles. The van der Waals surface area contributed by atoms with E-state index < -0.39 is 10.0 Å². The van der Waals surface area contributed by atoms with Crippen molar-refractivity contribution in [3.05, 3.63) is 28.4 Å². The average Bonchev–Trinajstić information content (AvgIpc) is 2.35. The molecule has 6 nitrogen and oxygen atoms in total. The third kappa shape index (κ3) is 3.42. The smallest absolute Gasteiger partial charge is 0.256 e. The van der Waals surface area contributed by atoms with Crippen molar-refractivity contribution < 1.29 is 8.42 Å². The van der Waals surface area contributed by atoms with Crippen LogP contribution in [0, 0.1) is 12.8 Å². The van der Waals surface area contributed by atoms with E-state index in [2.05, 4.69) is 4.98 Å². The Bertz CT molecular complexity index is 601. The molecule has 0 saturated carbocycles. The van der Waals surface area contributed by atoms with Gasteiger partial charge in [0.05, 0.1) is 12.6 Å². The molecule has 106 valence electrons. The van der Waals surface area contributed by atoms with Crippen LogP contribution in [0.15, 0.2) is 17.3 Å².